The highest BCUT2D eigenvalue weighted by molar-refractivity contribution is 6.08. The minimum Gasteiger partial charge on any atom is -0.450 e. The van der Waals surface area contributed by atoms with E-state index in [0.29, 0.717) is 18.9 Å². The van der Waals surface area contributed by atoms with Crippen LogP contribution in [-0.4, -0.2) is 19.1 Å². The lowest BCUT2D eigenvalue weighted by molar-refractivity contribution is 0.0633. The Hall–Kier alpha value is -3.11. The molecule has 1 heterocycles. The number of carbonyl (C=O) groups is 1. The van der Waals surface area contributed by atoms with Crippen LogP contribution >= 0.6 is 0 Å². The Kier molecular flexibility index (Phi) is 5.63. The number of hydrogen-bond acceptors (Lipinski definition) is 3. The quantitative estimate of drug-likeness (QED) is 0.408. The maximum absolute atomic E-state index is 12.6. The Bertz CT molecular complexity index is 1130. The average Bonchev–Trinajstić information content (AvgIpc) is 3.11. The third-order valence-corrected chi connectivity index (χ3v) is 5.28. The Morgan fingerprint density at radius 2 is 1.76 bits per heavy atom. The Labute approximate surface area is 170 Å². The van der Waals surface area contributed by atoms with Crippen LogP contribution in [0.2, 0.25) is 0 Å². The summed E-state index contributed by atoms with van der Waals surface area (Å²) in [6, 6.07) is 22.3. The van der Waals surface area contributed by atoms with Crippen LogP contribution in [0.3, 0.4) is 0 Å². The van der Waals surface area contributed by atoms with Crippen molar-refractivity contribution >= 4 is 27.6 Å². The van der Waals surface area contributed by atoms with Gasteiger partial charge in [-0.25, -0.2) is 0 Å². The van der Waals surface area contributed by atoms with Crippen molar-refractivity contribution in [3.63, 3.8) is 0 Å². The molecule has 4 heteroatoms. The number of ether oxygens (including phenoxy) is 1. The Balaban J connectivity index is 1.36. The maximum Gasteiger partial charge on any atom is 0.287 e. The second kappa shape index (κ2) is 8.50. The van der Waals surface area contributed by atoms with E-state index in [4.69, 9.17) is 9.15 Å². The molecule has 0 saturated heterocycles. The number of hydrogen-bond donors (Lipinski definition) is 1. The second-order valence-corrected chi connectivity index (χ2v) is 7.25. The van der Waals surface area contributed by atoms with Crippen molar-refractivity contribution in [1.29, 1.82) is 0 Å². The number of benzene rings is 3. The standard InChI is InChI=1S/C25H25NO3/c1-17-21-14-13-20-11-6-7-12-22(20)24(21)29-23(17)25(27)26-15-8-16-28-18(2)19-9-4-3-5-10-19/h3-7,9-14,18H,8,15-16H2,1-2H3,(H,26,27). The monoisotopic (exact) mass is 387 g/mol. The van der Waals surface area contributed by atoms with E-state index in [-0.39, 0.29) is 12.0 Å². The van der Waals surface area contributed by atoms with Gasteiger partial charge < -0.3 is 14.5 Å². The molecule has 0 saturated carbocycles. The molecule has 3 aromatic carbocycles. The molecule has 0 spiro atoms. The van der Waals surface area contributed by atoms with Crippen molar-refractivity contribution in [2.45, 2.75) is 26.4 Å². The highest BCUT2D eigenvalue weighted by Crippen LogP contribution is 2.31. The average molecular weight is 387 g/mol. The van der Waals surface area contributed by atoms with Crippen molar-refractivity contribution in [2.75, 3.05) is 13.2 Å². The first kappa shape index (κ1) is 19.2. The summed E-state index contributed by atoms with van der Waals surface area (Å²) in [6.07, 6.45) is 0.781. The Morgan fingerprint density at radius 3 is 2.59 bits per heavy atom. The second-order valence-electron chi connectivity index (χ2n) is 7.25. The zero-order chi connectivity index (χ0) is 20.2. The van der Waals surface area contributed by atoms with E-state index >= 15 is 0 Å². The predicted octanol–water partition coefficient (Wildman–Crippen LogP) is 5.79. The van der Waals surface area contributed by atoms with E-state index in [0.717, 1.165) is 39.3 Å². The number of furan rings is 1. The molecule has 148 valence electrons. The fourth-order valence-corrected chi connectivity index (χ4v) is 3.60. The largest absolute Gasteiger partial charge is 0.450 e. The fourth-order valence-electron chi connectivity index (χ4n) is 3.60. The van der Waals surface area contributed by atoms with Crippen molar-refractivity contribution < 1.29 is 13.9 Å². The van der Waals surface area contributed by atoms with E-state index in [1.807, 2.05) is 62.4 Å². The molecule has 29 heavy (non-hydrogen) atoms. The van der Waals surface area contributed by atoms with Crippen LogP contribution in [-0.2, 0) is 4.74 Å². The van der Waals surface area contributed by atoms with Crippen LogP contribution in [0, 0.1) is 6.92 Å². The zero-order valence-electron chi connectivity index (χ0n) is 16.8. The molecule has 1 N–H and O–H groups in total. The van der Waals surface area contributed by atoms with Crippen LogP contribution in [0.25, 0.3) is 21.7 Å². The van der Waals surface area contributed by atoms with E-state index in [2.05, 4.69) is 23.5 Å². The van der Waals surface area contributed by atoms with E-state index < -0.39 is 0 Å². The molecule has 0 aliphatic heterocycles. The first-order valence-corrected chi connectivity index (χ1v) is 10.0. The number of rotatable bonds is 7. The number of nitrogens with one attached hydrogen (secondary N) is 1. The van der Waals surface area contributed by atoms with E-state index in [1.165, 1.54) is 0 Å². The minimum absolute atomic E-state index is 0.0396. The van der Waals surface area contributed by atoms with Gasteiger partial charge in [0.1, 0.15) is 5.58 Å². The van der Waals surface area contributed by atoms with Crippen LogP contribution in [0.15, 0.2) is 71.1 Å². The van der Waals surface area contributed by atoms with Crippen LogP contribution in [0.5, 0.6) is 0 Å². The number of fused-ring (bicyclic) bond motifs is 3. The summed E-state index contributed by atoms with van der Waals surface area (Å²) in [4.78, 5) is 12.6. The molecule has 1 unspecified atom stereocenters. The summed E-state index contributed by atoms with van der Waals surface area (Å²) in [5.41, 5.74) is 2.80. The van der Waals surface area contributed by atoms with Crippen LogP contribution in [0.1, 0.15) is 41.1 Å². The molecule has 0 aliphatic rings. The van der Waals surface area contributed by atoms with Gasteiger partial charge in [0.2, 0.25) is 0 Å². The topological polar surface area (TPSA) is 51.5 Å². The maximum atomic E-state index is 12.6. The lowest BCUT2D eigenvalue weighted by Gasteiger charge is -2.13. The third-order valence-electron chi connectivity index (χ3n) is 5.28. The van der Waals surface area contributed by atoms with Gasteiger partial charge in [-0.15, -0.1) is 0 Å². The molecular weight excluding hydrogens is 362 g/mol. The molecule has 1 amide bonds. The summed E-state index contributed by atoms with van der Waals surface area (Å²) >= 11 is 0. The summed E-state index contributed by atoms with van der Waals surface area (Å²) < 4.78 is 11.8. The molecule has 0 fully saturated rings. The molecule has 1 aromatic heterocycles. The SMILES string of the molecule is Cc1c(C(=O)NCCCOC(C)c2ccccc2)oc2c1ccc1ccccc12. The molecule has 0 bridgehead atoms. The van der Waals surface area contributed by atoms with Crippen molar-refractivity contribution in [2.24, 2.45) is 0 Å². The highest BCUT2D eigenvalue weighted by Gasteiger charge is 2.18. The van der Waals surface area contributed by atoms with Gasteiger partial charge >= 0.3 is 0 Å². The molecule has 0 radical (unpaired) electrons. The third kappa shape index (κ3) is 4.03. The fraction of sp³-hybridized carbons (Fsp3) is 0.240. The number of aryl methyl sites for hydroxylation is 1. The summed E-state index contributed by atoms with van der Waals surface area (Å²) in [5.74, 6) is 0.203. The molecule has 4 rings (SSSR count). The van der Waals surface area contributed by atoms with Gasteiger partial charge in [-0.2, -0.15) is 0 Å². The highest BCUT2D eigenvalue weighted by atomic mass is 16.5. The molecule has 1 atom stereocenters. The normalized spacial score (nSPS) is 12.3. The minimum atomic E-state index is -0.182. The van der Waals surface area contributed by atoms with Crippen molar-refractivity contribution in [3.05, 3.63) is 83.6 Å². The Morgan fingerprint density at radius 1 is 1.00 bits per heavy atom. The van der Waals surface area contributed by atoms with Crippen molar-refractivity contribution in [1.82, 2.24) is 5.32 Å². The summed E-state index contributed by atoms with van der Waals surface area (Å²) in [6.45, 7) is 5.09. The van der Waals surface area contributed by atoms with Crippen LogP contribution in [0.4, 0.5) is 0 Å². The lowest BCUT2D eigenvalue weighted by Crippen LogP contribution is -2.25. The molecule has 0 aliphatic carbocycles. The van der Waals surface area contributed by atoms with Gasteiger partial charge in [0.05, 0.1) is 6.10 Å². The van der Waals surface area contributed by atoms with Crippen LogP contribution < -0.4 is 5.32 Å². The van der Waals surface area contributed by atoms with E-state index in [9.17, 15) is 4.79 Å². The lowest BCUT2D eigenvalue weighted by atomic mass is 10.1. The first-order valence-electron chi connectivity index (χ1n) is 10.0. The van der Waals surface area contributed by atoms with Gasteiger partial charge in [-0.1, -0.05) is 66.7 Å². The van der Waals surface area contributed by atoms with Gasteiger partial charge in [-0.3, -0.25) is 4.79 Å². The predicted molar refractivity (Wildman–Crippen MR) is 116 cm³/mol. The van der Waals surface area contributed by atoms with Gasteiger partial charge in [0.15, 0.2) is 5.76 Å². The smallest absolute Gasteiger partial charge is 0.287 e. The van der Waals surface area contributed by atoms with E-state index in [1.54, 1.807) is 0 Å². The summed E-state index contributed by atoms with van der Waals surface area (Å²) in [5, 5.41) is 6.06. The van der Waals surface area contributed by atoms with Gasteiger partial charge in [-0.05, 0) is 31.2 Å². The zero-order valence-corrected chi connectivity index (χ0v) is 16.8. The molecular formula is C25H25NO3. The summed E-state index contributed by atoms with van der Waals surface area (Å²) in [7, 11) is 0. The number of carbonyl (C=O) groups excluding carboxylic acids is 1. The first-order chi connectivity index (χ1) is 14.1. The molecule has 4 nitrogen and oxygen atoms in total. The van der Waals surface area contributed by atoms with Crippen molar-refractivity contribution in [3.8, 4) is 0 Å². The van der Waals surface area contributed by atoms with Gasteiger partial charge in [0.25, 0.3) is 5.91 Å². The molecule has 4 aromatic rings. The van der Waals surface area contributed by atoms with Gasteiger partial charge in [0, 0.05) is 29.5 Å². The number of amides is 1.